The maximum Gasteiger partial charge on any atom is 0.340 e. The zero-order chi connectivity index (χ0) is 13.1. The summed E-state index contributed by atoms with van der Waals surface area (Å²) in [7, 11) is 1.19. The minimum absolute atomic E-state index is 0.140. The van der Waals surface area contributed by atoms with E-state index < -0.39 is 11.8 Å². The highest BCUT2D eigenvalue weighted by Crippen LogP contribution is 2.22. The van der Waals surface area contributed by atoms with Gasteiger partial charge in [-0.1, -0.05) is 18.2 Å². The van der Waals surface area contributed by atoms with Gasteiger partial charge in [0.1, 0.15) is 11.6 Å². The van der Waals surface area contributed by atoms with Crippen molar-refractivity contribution in [3.05, 3.63) is 59.7 Å². The first-order valence-electron chi connectivity index (χ1n) is 5.25. The third-order valence-corrected chi connectivity index (χ3v) is 2.55. The van der Waals surface area contributed by atoms with Crippen LogP contribution in [-0.4, -0.2) is 13.1 Å². The Balaban J connectivity index is 2.46. The Hall–Kier alpha value is -2.23. The summed E-state index contributed by atoms with van der Waals surface area (Å²) < 4.78 is 30.7. The number of carbonyl (C=O) groups excluding carboxylic acids is 1. The van der Waals surface area contributed by atoms with Crippen molar-refractivity contribution in [3.8, 4) is 11.1 Å². The SMILES string of the molecule is COC(=O)c1cc(-c2ccc(F)cc2)ccc1F. The summed E-state index contributed by atoms with van der Waals surface area (Å²) in [5, 5.41) is 0. The molecule has 92 valence electrons. The lowest BCUT2D eigenvalue weighted by Gasteiger charge is -2.05. The number of halogens is 2. The lowest BCUT2D eigenvalue weighted by molar-refractivity contribution is 0.0595. The number of methoxy groups -OCH3 is 1. The number of rotatable bonds is 2. The molecule has 18 heavy (non-hydrogen) atoms. The molecule has 2 aromatic rings. The summed E-state index contributed by atoms with van der Waals surface area (Å²) in [4.78, 5) is 11.3. The van der Waals surface area contributed by atoms with Crippen LogP contribution in [0.1, 0.15) is 10.4 Å². The Morgan fingerprint density at radius 1 is 1.00 bits per heavy atom. The van der Waals surface area contributed by atoms with Gasteiger partial charge in [0.15, 0.2) is 0 Å². The van der Waals surface area contributed by atoms with Crippen molar-refractivity contribution in [2.75, 3.05) is 7.11 Å². The van der Waals surface area contributed by atoms with Gasteiger partial charge in [0.25, 0.3) is 0 Å². The molecule has 0 spiro atoms. The molecule has 2 aromatic carbocycles. The van der Waals surface area contributed by atoms with Crippen LogP contribution in [0.15, 0.2) is 42.5 Å². The average molecular weight is 248 g/mol. The first-order chi connectivity index (χ1) is 8.61. The summed E-state index contributed by atoms with van der Waals surface area (Å²) in [5.74, 6) is -1.74. The molecule has 2 nitrogen and oxygen atoms in total. The van der Waals surface area contributed by atoms with Gasteiger partial charge in [-0.3, -0.25) is 0 Å². The first-order valence-corrected chi connectivity index (χ1v) is 5.25. The normalized spacial score (nSPS) is 10.2. The van der Waals surface area contributed by atoms with Gasteiger partial charge < -0.3 is 4.74 Å². The molecule has 0 heterocycles. The quantitative estimate of drug-likeness (QED) is 0.761. The van der Waals surface area contributed by atoms with Crippen LogP contribution >= 0.6 is 0 Å². The highest BCUT2D eigenvalue weighted by atomic mass is 19.1. The molecule has 0 aliphatic carbocycles. The molecule has 0 bridgehead atoms. The minimum Gasteiger partial charge on any atom is -0.465 e. The molecule has 0 fully saturated rings. The van der Waals surface area contributed by atoms with E-state index in [1.165, 1.54) is 37.4 Å². The highest BCUT2D eigenvalue weighted by Gasteiger charge is 2.13. The van der Waals surface area contributed by atoms with E-state index in [1.807, 2.05) is 0 Å². The van der Waals surface area contributed by atoms with E-state index in [2.05, 4.69) is 4.74 Å². The van der Waals surface area contributed by atoms with Gasteiger partial charge in [0.2, 0.25) is 0 Å². The standard InChI is InChI=1S/C14H10F2O2/c1-18-14(17)12-8-10(4-7-13(12)16)9-2-5-11(15)6-3-9/h2-8H,1H3. The molecular formula is C14H10F2O2. The Bertz CT molecular complexity index is 577. The van der Waals surface area contributed by atoms with Crippen molar-refractivity contribution in [1.29, 1.82) is 0 Å². The predicted molar refractivity (Wildman–Crippen MR) is 63.1 cm³/mol. The average Bonchev–Trinajstić information content (AvgIpc) is 2.39. The van der Waals surface area contributed by atoms with Crippen molar-refractivity contribution >= 4 is 5.97 Å². The summed E-state index contributed by atoms with van der Waals surface area (Å²) >= 11 is 0. The molecule has 0 radical (unpaired) electrons. The smallest absolute Gasteiger partial charge is 0.340 e. The lowest BCUT2D eigenvalue weighted by atomic mass is 10.0. The highest BCUT2D eigenvalue weighted by molar-refractivity contribution is 5.91. The number of esters is 1. The Morgan fingerprint density at radius 2 is 1.61 bits per heavy atom. The summed E-state index contributed by atoms with van der Waals surface area (Å²) in [6.45, 7) is 0. The molecular weight excluding hydrogens is 238 g/mol. The van der Waals surface area contributed by atoms with Gasteiger partial charge in [-0.15, -0.1) is 0 Å². The molecule has 4 heteroatoms. The topological polar surface area (TPSA) is 26.3 Å². The molecule has 0 unspecified atom stereocenters. The van der Waals surface area contributed by atoms with Crippen LogP contribution in [0.3, 0.4) is 0 Å². The van der Waals surface area contributed by atoms with Gasteiger partial charge >= 0.3 is 5.97 Å². The van der Waals surface area contributed by atoms with E-state index in [4.69, 9.17) is 0 Å². The van der Waals surface area contributed by atoms with Crippen LogP contribution < -0.4 is 0 Å². The van der Waals surface area contributed by atoms with Crippen LogP contribution in [0, 0.1) is 11.6 Å². The third kappa shape index (κ3) is 2.37. The van der Waals surface area contributed by atoms with Crippen molar-refractivity contribution < 1.29 is 18.3 Å². The van der Waals surface area contributed by atoms with E-state index in [0.717, 1.165) is 0 Å². The van der Waals surface area contributed by atoms with Crippen LogP contribution in [0.2, 0.25) is 0 Å². The van der Waals surface area contributed by atoms with Crippen LogP contribution in [0.5, 0.6) is 0 Å². The Labute approximate surface area is 103 Å². The van der Waals surface area contributed by atoms with E-state index >= 15 is 0 Å². The molecule has 0 aromatic heterocycles. The van der Waals surface area contributed by atoms with Crippen LogP contribution in [0.4, 0.5) is 8.78 Å². The van der Waals surface area contributed by atoms with E-state index in [-0.39, 0.29) is 11.4 Å². The first kappa shape index (κ1) is 12.2. The van der Waals surface area contributed by atoms with E-state index in [1.54, 1.807) is 12.1 Å². The zero-order valence-electron chi connectivity index (χ0n) is 9.61. The summed E-state index contributed by atoms with van der Waals surface area (Å²) in [6.07, 6.45) is 0. The molecule has 0 atom stereocenters. The second-order valence-corrected chi connectivity index (χ2v) is 3.69. The molecule has 0 saturated heterocycles. The number of hydrogen-bond donors (Lipinski definition) is 0. The number of benzene rings is 2. The van der Waals surface area contributed by atoms with Crippen LogP contribution in [-0.2, 0) is 4.74 Å². The number of carbonyl (C=O) groups is 1. The fourth-order valence-electron chi connectivity index (χ4n) is 1.61. The van der Waals surface area contributed by atoms with Gasteiger partial charge in [0, 0.05) is 0 Å². The van der Waals surface area contributed by atoms with Crippen molar-refractivity contribution in [1.82, 2.24) is 0 Å². The second-order valence-electron chi connectivity index (χ2n) is 3.69. The lowest BCUT2D eigenvalue weighted by Crippen LogP contribution is -2.04. The second kappa shape index (κ2) is 4.96. The van der Waals surface area contributed by atoms with Gasteiger partial charge in [0.05, 0.1) is 12.7 Å². The molecule has 0 aliphatic rings. The van der Waals surface area contributed by atoms with Gasteiger partial charge in [-0.05, 0) is 35.4 Å². The van der Waals surface area contributed by atoms with E-state index in [9.17, 15) is 13.6 Å². The van der Waals surface area contributed by atoms with Crippen LogP contribution in [0.25, 0.3) is 11.1 Å². The van der Waals surface area contributed by atoms with Crippen molar-refractivity contribution in [2.24, 2.45) is 0 Å². The van der Waals surface area contributed by atoms with Gasteiger partial charge in [-0.25, -0.2) is 13.6 Å². The minimum atomic E-state index is -0.739. The largest absolute Gasteiger partial charge is 0.465 e. The predicted octanol–water partition coefficient (Wildman–Crippen LogP) is 3.42. The van der Waals surface area contributed by atoms with Crippen molar-refractivity contribution in [2.45, 2.75) is 0 Å². The summed E-state index contributed by atoms with van der Waals surface area (Å²) in [6, 6.07) is 9.81. The molecule has 0 aliphatic heterocycles. The number of ether oxygens (including phenoxy) is 1. The van der Waals surface area contributed by atoms with Gasteiger partial charge in [-0.2, -0.15) is 0 Å². The maximum absolute atomic E-state index is 13.4. The van der Waals surface area contributed by atoms with E-state index in [0.29, 0.717) is 11.1 Å². The maximum atomic E-state index is 13.4. The fraction of sp³-hybridized carbons (Fsp3) is 0.0714. The molecule has 2 rings (SSSR count). The molecule has 0 N–H and O–H groups in total. The fourth-order valence-corrected chi connectivity index (χ4v) is 1.61. The Kier molecular flexibility index (Phi) is 3.37. The zero-order valence-corrected chi connectivity index (χ0v) is 9.61. The monoisotopic (exact) mass is 248 g/mol. The number of hydrogen-bond acceptors (Lipinski definition) is 2. The molecule has 0 saturated carbocycles. The molecule has 0 amide bonds. The Morgan fingerprint density at radius 3 is 2.22 bits per heavy atom. The third-order valence-electron chi connectivity index (χ3n) is 2.55. The summed E-state index contributed by atoms with van der Waals surface area (Å²) in [5.41, 5.74) is 1.18. The van der Waals surface area contributed by atoms with Crippen molar-refractivity contribution in [3.63, 3.8) is 0 Å².